The molecule has 1 fully saturated rings. The molecule has 3 aromatic rings. The van der Waals surface area contributed by atoms with Gasteiger partial charge in [0.05, 0.1) is 37.2 Å². The SMILES string of the molecule is COc1ncc([C@H]2COCCO2)c2sc(NC(=O)c3ccc(C(=O)O)cc3)nc12. The standard InChI is InChI=1S/C19H17N3O6S/c1-26-17-14-15(12(8-20-17)13-9-27-6-7-28-13)29-19(21-14)22-16(23)10-2-4-11(5-3-10)18(24)25/h2-5,8,13H,6-7,9H2,1H3,(H,24,25)(H,21,22,23)/t13-/m1/s1. The van der Waals surface area contributed by atoms with Crippen LogP contribution in [0.15, 0.2) is 30.5 Å². The van der Waals surface area contributed by atoms with Gasteiger partial charge >= 0.3 is 5.97 Å². The highest BCUT2D eigenvalue weighted by Crippen LogP contribution is 2.37. The summed E-state index contributed by atoms with van der Waals surface area (Å²) in [6.07, 6.45) is 1.41. The van der Waals surface area contributed by atoms with E-state index in [1.807, 2.05) is 0 Å². The molecule has 150 valence electrons. The van der Waals surface area contributed by atoms with Crippen LogP contribution in [0.1, 0.15) is 32.4 Å². The number of nitrogens with zero attached hydrogens (tertiary/aromatic N) is 2. The Morgan fingerprint density at radius 3 is 2.66 bits per heavy atom. The Morgan fingerprint density at radius 2 is 2.00 bits per heavy atom. The van der Waals surface area contributed by atoms with Gasteiger partial charge in [0.2, 0.25) is 5.88 Å². The number of pyridine rings is 1. The highest BCUT2D eigenvalue weighted by molar-refractivity contribution is 7.22. The second-order valence-electron chi connectivity index (χ2n) is 6.19. The zero-order valence-electron chi connectivity index (χ0n) is 15.4. The van der Waals surface area contributed by atoms with Crippen LogP contribution >= 0.6 is 11.3 Å². The molecule has 10 heteroatoms. The van der Waals surface area contributed by atoms with E-state index in [4.69, 9.17) is 19.3 Å². The van der Waals surface area contributed by atoms with Gasteiger partial charge in [-0.1, -0.05) is 11.3 Å². The molecule has 0 aliphatic carbocycles. The third kappa shape index (κ3) is 3.90. The molecule has 9 nitrogen and oxygen atoms in total. The molecule has 1 atom stereocenters. The minimum Gasteiger partial charge on any atom is -0.479 e. The Bertz CT molecular complexity index is 1060. The van der Waals surface area contributed by atoms with E-state index in [-0.39, 0.29) is 11.7 Å². The van der Waals surface area contributed by atoms with E-state index < -0.39 is 11.9 Å². The molecule has 3 heterocycles. The van der Waals surface area contributed by atoms with E-state index in [0.717, 1.165) is 10.3 Å². The monoisotopic (exact) mass is 415 g/mol. The number of amides is 1. The number of hydrogen-bond acceptors (Lipinski definition) is 8. The summed E-state index contributed by atoms with van der Waals surface area (Å²) in [5.74, 6) is -1.10. The lowest BCUT2D eigenvalue weighted by molar-refractivity contribution is -0.0896. The first-order valence-corrected chi connectivity index (χ1v) is 9.56. The Kier molecular flexibility index (Phi) is 5.38. The molecule has 29 heavy (non-hydrogen) atoms. The van der Waals surface area contributed by atoms with Crippen molar-refractivity contribution in [2.45, 2.75) is 6.10 Å². The summed E-state index contributed by atoms with van der Waals surface area (Å²) in [5, 5.41) is 12.1. The lowest BCUT2D eigenvalue weighted by Gasteiger charge is -2.23. The van der Waals surface area contributed by atoms with Crippen molar-refractivity contribution in [1.29, 1.82) is 0 Å². The predicted octanol–water partition coefficient (Wildman–Crippen LogP) is 2.74. The average molecular weight is 415 g/mol. The summed E-state index contributed by atoms with van der Waals surface area (Å²) in [6.45, 7) is 1.46. The summed E-state index contributed by atoms with van der Waals surface area (Å²) >= 11 is 1.29. The number of nitrogens with one attached hydrogen (secondary N) is 1. The maximum absolute atomic E-state index is 12.5. The van der Waals surface area contributed by atoms with E-state index in [1.54, 1.807) is 6.20 Å². The number of ether oxygens (including phenoxy) is 3. The first kappa shape index (κ1) is 19.2. The summed E-state index contributed by atoms with van der Waals surface area (Å²) in [6, 6.07) is 5.65. The largest absolute Gasteiger partial charge is 0.479 e. The van der Waals surface area contributed by atoms with Crippen molar-refractivity contribution in [3.8, 4) is 5.88 Å². The summed E-state index contributed by atoms with van der Waals surface area (Å²) in [4.78, 5) is 32.2. The van der Waals surface area contributed by atoms with Crippen LogP contribution in [-0.2, 0) is 9.47 Å². The molecule has 2 N–H and O–H groups in total. The molecule has 0 bridgehead atoms. The molecule has 0 radical (unpaired) electrons. The van der Waals surface area contributed by atoms with Gasteiger partial charge in [-0.3, -0.25) is 10.1 Å². The van der Waals surface area contributed by atoms with E-state index >= 15 is 0 Å². The van der Waals surface area contributed by atoms with Gasteiger partial charge in [-0.2, -0.15) is 0 Å². The van der Waals surface area contributed by atoms with E-state index in [1.165, 1.54) is 42.7 Å². The predicted molar refractivity (Wildman–Crippen MR) is 105 cm³/mol. The zero-order valence-corrected chi connectivity index (χ0v) is 16.2. The molecular weight excluding hydrogens is 398 g/mol. The Balaban J connectivity index is 1.63. The number of fused-ring (bicyclic) bond motifs is 1. The van der Waals surface area contributed by atoms with Crippen LogP contribution in [0.3, 0.4) is 0 Å². The van der Waals surface area contributed by atoms with E-state index in [9.17, 15) is 9.59 Å². The number of benzene rings is 1. The van der Waals surface area contributed by atoms with Crippen molar-refractivity contribution in [2.24, 2.45) is 0 Å². The first-order chi connectivity index (χ1) is 14.1. The fourth-order valence-corrected chi connectivity index (χ4v) is 3.95. The Morgan fingerprint density at radius 1 is 1.24 bits per heavy atom. The van der Waals surface area contributed by atoms with E-state index in [0.29, 0.717) is 41.9 Å². The number of carbonyl (C=O) groups excluding carboxylic acids is 1. The third-order valence-corrected chi connectivity index (χ3v) is 5.40. The van der Waals surface area contributed by atoms with Gasteiger partial charge in [-0.25, -0.2) is 14.8 Å². The van der Waals surface area contributed by atoms with Gasteiger partial charge in [0.15, 0.2) is 5.13 Å². The summed E-state index contributed by atoms with van der Waals surface area (Å²) in [5.41, 5.74) is 1.78. The van der Waals surface area contributed by atoms with Crippen LogP contribution < -0.4 is 10.1 Å². The quantitative estimate of drug-likeness (QED) is 0.653. The second-order valence-corrected chi connectivity index (χ2v) is 7.19. The first-order valence-electron chi connectivity index (χ1n) is 8.74. The van der Waals surface area contributed by atoms with E-state index in [2.05, 4.69) is 15.3 Å². The highest BCUT2D eigenvalue weighted by atomic mass is 32.1. The number of aromatic nitrogens is 2. The molecule has 4 rings (SSSR count). The van der Waals surface area contributed by atoms with Crippen LogP contribution in [-0.4, -0.2) is 53.9 Å². The Hall–Kier alpha value is -3.08. The van der Waals surface area contributed by atoms with Crippen molar-refractivity contribution >= 4 is 38.6 Å². The van der Waals surface area contributed by atoms with Crippen molar-refractivity contribution in [2.75, 3.05) is 32.2 Å². The van der Waals surface area contributed by atoms with Crippen LogP contribution in [0.2, 0.25) is 0 Å². The number of carboxylic acid groups (broad SMARTS) is 1. The minimum absolute atomic E-state index is 0.108. The van der Waals surface area contributed by atoms with Crippen molar-refractivity contribution in [1.82, 2.24) is 9.97 Å². The molecule has 0 unspecified atom stereocenters. The maximum atomic E-state index is 12.5. The zero-order chi connectivity index (χ0) is 20.4. The highest BCUT2D eigenvalue weighted by Gasteiger charge is 2.24. The topological polar surface area (TPSA) is 120 Å². The third-order valence-electron chi connectivity index (χ3n) is 4.38. The number of hydrogen-bond donors (Lipinski definition) is 2. The van der Waals surface area contributed by atoms with Crippen molar-refractivity contribution in [3.63, 3.8) is 0 Å². The van der Waals surface area contributed by atoms with Crippen LogP contribution in [0.4, 0.5) is 5.13 Å². The fourth-order valence-electron chi connectivity index (χ4n) is 2.94. The molecule has 0 spiro atoms. The average Bonchev–Trinajstić information content (AvgIpc) is 3.17. The summed E-state index contributed by atoms with van der Waals surface area (Å²) in [7, 11) is 1.50. The fraction of sp³-hybridized carbons (Fsp3) is 0.263. The Labute approximate surface area is 169 Å². The smallest absolute Gasteiger partial charge is 0.335 e. The van der Waals surface area contributed by atoms with Gasteiger partial charge in [-0.15, -0.1) is 0 Å². The molecule has 1 amide bonds. The number of rotatable bonds is 5. The number of anilines is 1. The molecular formula is C19H17N3O6S. The number of carbonyl (C=O) groups is 2. The molecule has 0 saturated carbocycles. The van der Waals surface area contributed by atoms with Gasteiger partial charge in [0.25, 0.3) is 5.91 Å². The van der Waals surface area contributed by atoms with Gasteiger partial charge in [0, 0.05) is 17.3 Å². The van der Waals surface area contributed by atoms with Crippen LogP contribution in [0.5, 0.6) is 5.88 Å². The summed E-state index contributed by atoms with van der Waals surface area (Å²) < 4.78 is 17.4. The lowest BCUT2D eigenvalue weighted by Crippen LogP contribution is -2.22. The van der Waals surface area contributed by atoms with Crippen molar-refractivity contribution < 1.29 is 28.9 Å². The molecule has 1 saturated heterocycles. The number of thiazole rings is 1. The van der Waals surface area contributed by atoms with Crippen LogP contribution in [0.25, 0.3) is 10.2 Å². The van der Waals surface area contributed by atoms with Gasteiger partial charge in [-0.05, 0) is 24.3 Å². The molecule has 1 aliphatic heterocycles. The lowest BCUT2D eigenvalue weighted by atomic mass is 10.1. The normalized spacial score (nSPS) is 16.5. The molecule has 2 aromatic heterocycles. The minimum atomic E-state index is -1.05. The van der Waals surface area contributed by atoms with Gasteiger partial charge < -0.3 is 19.3 Å². The maximum Gasteiger partial charge on any atom is 0.335 e. The molecule has 1 aliphatic rings. The van der Waals surface area contributed by atoms with Crippen LogP contribution in [0, 0.1) is 0 Å². The number of aromatic carboxylic acids is 1. The second kappa shape index (κ2) is 8.11. The van der Waals surface area contributed by atoms with Gasteiger partial charge in [0.1, 0.15) is 11.6 Å². The number of carboxylic acids is 1. The molecule has 1 aromatic carbocycles. The van der Waals surface area contributed by atoms with Crippen molar-refractivity contribution in [3.05, 3.63) is 47.2 Å². The number of methoxy groups -OCH3 is 1.